The number of nitrogens with two attached hydrogens (primary N) is 1. The van der Waals surface area contributed by atoms with Crippen molar-refractivity contribution in [2.75, 3.05) is 31.5 Å². The molecule has 0 radical (unpaired) electrons. The monoisotopic (exact) mass is 379 g/mol. The minimum atomic E-state index is -0.562. The molecule has 2 unspecified atom stereocenters. The SMILES string of the molecule is NC1CCCCC1C(=O)CN1CCC(CCNc2cc(F)cc(F)c2)CC1. The molecule has 1 aliphatic heterocycles. The predicted octanol–water partition coefficient (Wildman–Crippen LogP) is 3.57. The number of likely N-dealkylation sites (tertiary alicyclic amines) is 1. The van der Waals surface area contributed by atoms with Crippen molar-refractivity contribution in [1.29, 1.82) is 0 Å². The fourth-order valence-corrected chi connectivity index (χ4v) is 4.41. The maximum atomic E-state index is 13.2. The highest BCUT2D eigenvalue weighted by Gasteiger charge is 2.30. The van der Waals surface area contributed by atoms with Crippen molar-refractivity contribution < 1.29 is 13.6 Å². The van der Waals surface area contributed by atoms with Gasteiger partial charge < -0.3 is 11.1 Å². The number of ketones is 1. The van der Waals surface area contributed by atoms with Crippen LogP contribution < -0.4 is 11.1 Å². The predicted molar refractivity (Wildman–Crippen MR) is 104 cm³/mol. The summed E-state index contributed by atoms with van der Waals surface area (Å²) in [6.07, 6.45) is 7.27. The van der Waals surface area contributed by atoms with Crippen molar-refractivity contribution in [3.63, 3.8) is 0 Å². The van der Waals surface area contributed by atoms with Crippen molar-refractivity contribution in [3.8, 4) is 0 Å². The first-order valence-electron chi connectivity index (χ1n) is 10.2. The quantitative estimate of drug-likeness (QED) is 0.760. The molecule has 2 fully saturated rings. The van der Waals surface area contributed by atoms with E-state index in [1.807, 2.05) is 0 Å². The summed E-state index contributed by atoms with van der Waals surface area (Å²) in [7, 11) is 0. The number of nitrogens with one attached hydrogen (secondary N) is 1. The van der Waals surface area contributed by atoms with Crippen LogP contribution in [0.3, 0.4) is 0 Å². The molecule has 0 bridgehead atoms. The van der Waals surface area contributed by atoms with Crippen LogP contribution in [0, 0.1) is 23.5 Å². The molecule has 0 aromatic heterocycles. The largest absolute Gasteiger partial charge is 0.385 e. The van der Waals surface area contributed by atoms with Crippen LogP contribution in [0.2, 0.25) is 0 Å². The fourth-order valence-electron chi connectivity index (χ4n) is 4.41. The topological polar surface area (TPSA) is 58.4 Å². The van der Waals surface area contributed by atoms with Gasteiger partial charge in [-0.05, 0) is 63.2 Å². The molecule has 0 amide bonds. The fraction of sp³-hybridized carbons (Fsp3) is 0.667. The first-order valence-corrected chi connectivity index (χ1v) is 10.2. The first kappa shape index (κ1) is 20.2. The van der Waals surface area contributed by atoms with Gasteiger partial charge in [-0.15, -0.1) is 0 Å². The molecular weight excluding hydrogens is 348 g/mol. The molecule has 4 nitrogen and oxygen atoms in total. The number of hydrogen-bond donors (Lipinski definition) is 2. The van der Waals surface area contributed by atoms with E-state index in [0.717, 1.165) is 64.1 Å². The van der Waals surface area contributed by atoms with Gasteiger partial charge in [0, 0.05) is 30.3 Å². The zero-order chi connectivity index (χ0) is 19.2. The molecule has 2 atom stereocenters. The van der Waals surface area contributed by atoms with E-state index in [1.165, 1.54) is 12.1 Å². The van der Waals surface area contributed by atoms with E-state index in [1.54, 1.807) is 0 Å². The van der Waals surface area contributed by atoms with Crippen molar-refractivity contribution in [1.82, 2.24) is 4.90 Å². The second-order valence-corrected chi connectivity index (χ2v) is 8.11. The van der Waals surface area contributed by atoms with Gasteiger partial charge in [-0.1, -0.05) is 12.8 Å². The summed E-state index contributed by atoms with van der Waals surface area (Å²) in [6.45, 7) is 3.11. The number of nitrogens with zero attached hydrogens (tertiary/aromatic N) is 1. The summed E-state index contributed by atoms with van der Waals surface area (Å²) in [6, 6.07) is 3.55. The van der Waals surface area contributed by atoms with E-state index >= 15 is 0 Å². The van der Waals surface area contributed by atoms with Crippen LogP contribution in [0.4, 0.5) is 14.5 Å². The summed E-state index contributed by atoms with van der Waals surface area (Å²) >= 11 is 0. The molecule has 1 saturated heterocycles. The van der Waals surface area contributed by atoms with E-state index in [2.05, 4.69) is 10.2 Å². The van der Waals surface area contributed by atoms with Crippen molar-refractivity contribution in [2.24, 2.45) is 17.6 Å². The van der Waals surface area contributed by atoms with Gasteiger partial charge in [0.1, 0.15) is 11.6 Å². The second kappa shape index (κ2) is 9.60. The Morgan fingerprint density at radius 3 is 2.41 bits per heavy atom. The van der Waals surface area contributed by atoms with Gasteiger partial charge in [0.05, 0.1) is 6.54 Å². The third-order valence-electron chi connectivity index (χ3n) is 6.06. The normalized spacial score (nSPS) is 24.7. The molecule has 3 N–H and O–H groups in total. The lowest BCUT2D eigenvalue weighted by molar-refractivity contribution is -0.125. The Morgan fingerprint density at radius 2 is 1.74 bits per heavy atom. The molecule has 1 aromatic carbocycles. The number of halogens is 2. The molecule has 1 aromatic rings. The molecular formula is C21H31F2N3O. The van der Waals surface area contributed by atoms with Crippen LogP contribution in [0.1, 0.15) is 44.9 Å². The minimum absolute atomic E-state index is 0.0440. The third-order valence-corrected chi connectivity index (χ3v) is 6.06. The molecule has 2 aliphatic rings. The summed E-state index contributed by atoms with van der Waals surface area (Å²) in [5.74, 6) is -0.178. The van der Waals surface area contributed by atoms with Crippen LogP contribution in [-0.4, -0.2) is 42.9 Å². The smallest absolute Gasteiger partial charge is 0.151 e. The van der Waals surface area contributed by atoms with Gasteiger partial charge in [-0.3, -0.25) is 9.69 Å². The number of hydrogen-bond acceptors (Lipinski definition) is 4. The number of rotatable bonds is 7. The van der Waals surface area contributed by atoms with Crippen LogP contribution in [0.5, 0.6) is 0 Å². The summed E-state index contributed by atoms with van der Waals surface area (Å²) in [5.41, 5.74) is 6.62. The average Bonchev–Trinajstić information content (AvgIpc) is 2.63. The Balaban J connectivity index is 1.35. The summed E-state index contributed by atoms with van der Waals surface area (Å²) < 4.78 is 26.4. The Hall–Kier alpha value is -1.53. The molecule has 150 valence electrons. The molecule has 1 heterocycles. The maximum Gasteiger partial charge on any atom is 0.151 e. The lowest BCUT2D eigenvalue weighted by Gasteiger charge is -2.34. The lowest BCUT2D eigenvalue weighted by atomic mass is 9.82. The highest BCUT2D eigenvalue weighted by atomic mass is 19.1. The number of Topliss-reactive ketones (excluding diaryl/α,β-unsaturated/α-hetero) is 1. The lowest BCUT2D eigenvalue weighted by Crippen LogP contribution is -2.44. The van der Waals surface area contributed by atoms with E-state index in [0.29, 0.717) is 30.5 Å². The summed E-state index contributed by atoms with van der Waals surface area (Å²) in [5, 5.41) is 3.10. The van der Waals surface area contributed by atoms with E-state index < -0.39 is 11.6 Å². The molecule has 27 heavy (non-hydrogen) atoms. The van der Waals surface area contributed by atoms with E-state index in [9.17, 15) is 13.6 Å². The molecule has 6 heteroatoms. The van der Waals surface area contributed by atoms with Gasteiger partial charge in [-0.25, -0.2) is 8.78 Å². The van der Waals surface area contributed by atoms with Crippen molar-refractivity contribution >= 4 is 11.5 Å². The molecule has 1 aliphatic carbocycles. The van der Waals surface area contributed by atoms with Crippen LogP contribution in [0.15, 0.2) is 18.2 Å². The Labute approximate surface area is 160 Å². The number of piperidine rings is 1. The first-order chi connectivity index (χ1) is 13.0. The van der Waals surface area contributed by atoms with E-state index in [4.69, 9.17) is 5.73 Å². The maximum absolute atomic E-state index is 13.2. The molecule has 1 saturated carbocycles. The van der Waals surface area contributed by atoms with Gasteiger partial charge >= 0.3 is 0 Å². The van der Waals surface area contributed by atoms with Gasteiger partial charge in [0.25, 0.3) is 0 Å². The van der Waals surface area contributed by atoms with Gasteiger partial charge in [0.2, 0.25) is 0 Å². The Morgan fingerprint density at radius 1 is 1.07 bits per heavy atom. The Bertz CT molecular complexity index is 612. The van der Waals surface area contributed by atoms with Gasteiger partial charge in [-0.2, -0.15) is 0 Å². The second-order valence-electron chi connectivity index (χ2n) is 8.11. The minimum Gasteiger partial charge on any atom is -0.385 e. The number of anilines is 1. The van der Waals surface area contributed by atoms with Crippen molar-refractivity contribution in [3.05, 3.63) is 29.8 Å². The zero-order valence-electron chi connectivity index (χ0n) is 15.9. The van der Waals surface area contributed by atoms with Crippen molar-refractivity contribution in [2.45, 2.75) is 51.0 Å². The third kappa shape index (κ3) is 5.98. The van der Waals surface area contributed by atoms with Crippen LogP contribution in [0.25, 0.3) is 0 Å². The van der Waals surface area contributed by atoms with Gasteiger partial charge in [0.15, 0.2) is 5.78 Å². The highest BCUT2D eigenvalue weighted by molar-refractivity contribution is 5.83. The summed E-state index contributed by atoms with van der Waals surface area (Å²) in [4.78, 5) is 14.8. The number of benzene rings is 1. The average molecular weight is 379 g/mol. The number of carbonyl (C=O) groups is 1. The molecule has 3 rings (SSSR count). The van der Waals surface area contributed by atoms with Crippen LogP contribution >= 0.6 is 0 Å². The standard InChI is InChI=1S/C21H31F2N3O/c22-16-11-17(23)13-18(12-16)25-8-5-15-6-9-26(10-7-15)14-21(27)19-3-1-2-4-20(19)24/h11-13,15,19-20,25H,1-10,14,24H2. The Kier molecular flexibility index (Phi) is 7.19. The highest BCUT2D eigenvalue weighted by Crippen LogP contribution is 2.25. The van der Waals surface area contributed by atoms with E-state index in [-0.39, 0.29) is 12.0 Å². The molecule has 0 spiro atoms. The van der Waals surface area contributed by atoms with Crippen LogP contribution in [-0.2, 0) is 4.79 Å². The number of carbonyl (C=O) groups excluding carboxylic acids is 1. The zero-order valence-corrected chi connectivity index (χ0v) is 15.9.